The highest BCUT2D eigenvalue weighted by Gasteiger charge is 2.28. The molecule has 0 unspecified atom stereocenters. The molecule has 0 saturated heterocycles. The van der Waals surface area contributed by atoms with Crippen molar-refractivity contribution in [3.8, 4) is 22.6 Å². The van der Waals surface area contributed by atoms with E-state index in [4.69, 9.17) is 19.7 Å². The first-order chi connectivity index (χ1) is 24.5. The standard InChI is InChI=1S/C39H41N3O9/c1-25(20-26-10-16-31(17-11-26)50-23-35(43)44)37(47)41-34(22-27-8-14-30(15-9-27)29-6-4-3-5-7-29)39(49)42-33(38(48)40-2)21-28-12-18-32(19-13-28)51-24-36(45)46/h3-19,25,33-34H,20-24H2,1-2H3,(H,40,48)(H,41,47)(H,42,49)(H,43,44)(H,45,46)/t25-,33-,34-/m0/s1. The van der Waals surface area contributed by atoms with Crippen LogP contribution in [0.2, 0.25) is 0 Å². The van der Waals surface area contributed by atoms with Gasteiger partial charge in [0.15, 0.2) is 13.2 Å². The average molecular weight is 696 g/mol. The molecular formula is C39H41N3O9. The van der Waals surface area contributed by atoms with Crippen molar-refractivity contribution >= 4 is 29.7 Å². The van der Waals surface area contributed by atoms with E-state index in [0.717, 1.165) is 22.3 Å². The number of rotatable bonds is 18. The minimum atomic E-state index is -1.11. The topological polar surface area (TPSA) is 180 Å². The number of carbonyl (C=O) groups excluding carboxylic acids is 3. The number of carboxylic acid groups (broad SMARTS) is 2. The summed E-state index contributed by atoms with van der Waals surface area (Å²) >= 11 is 0. The lowest BCUT2D eigenvalue weighted by Gasteiger charge is -2.24. The third-order valence-electron chi connectivity index (χ3n) is 8.01. The molecule has 0 fully saturated rings. The molecule has 266 valence electrons. The summed E-state index contributed by atoms with van der Waals surface area (Å²) < 4.78 is 10.4. The first-order valence-electron chi connectivity index (χ1n) is 16.3. The fourth-order valence-corrected chi connectivity index (χ4v) is 5.29. The van der Waals surface area contributed by atoms with Crippen molar-refractivity contribution in [3.63, 3.8) is 0 Å². The SMILES string of the molecule is CNC(=O)[C@H](Cc1ccc(OCC(=O)O)cc1)NC(=O)[C@H](Cc1ccc(-c2ccccc2)cc1)NC(=O)[C@@H](C)Cc1ccc(OCC(=O)O)cc1. The first kappa shape index (κ1) is 37.6. The maximum Gasteiger partial charge on any atom is 0.341 e. The van der Waals surface area contributed by atoms with Crippen LogP contribution in [0.1, 0.15) is 23.6 Å². The molecule has 0 aromatic heterocycles. The molecule has 0 heterocycles. The number of aliphatic carboxylic acids is 2. The molecule has 0 radical (unpaired) electrons. The molecule has 5 N–H and O–H groups in total. The molecule has 12 nitrogen and oxygen atoms in total. The van der Waals surface area contributed by atoms with Gasteiger partial charge in [0.05, 0.1) is 0 Å². The van der Waals surface area contributed by atoms with Gasteiger partial charge in [-0.25, -0.2) is 9.59 Å². The Bertz CT molecular complexity index is 1780. The number of carboxylic acids is 2. The Labute approximate surface area is 295 Å². The molecule has 12 heteroatoms. The quantitative estimate of drug-likeness (QED) is 0.104. The molecule has 0 aliphatic heterocycles. The molecule has 0 aliphatic rings. The zero-order valence-corrected chi connectivity index (χ0v) is 28.3. The molecule has 51 heavy (non-hydrogen) atoms. The monoisotopic (exact) mass is 695 g/mol. The van der Waals surface area contributed by atoms with Gasteiger partial charge in [-0.3, -0.25) is 14.4 Å². The summed E-state index contributed by atoms with van der Waals surface area (Å²) in [5.74, 6) is -3.34. The summed E-state index contributed by atoms with van der Waals surface area (Å²) in [5.41, 5.74) is 4.34. The number of carbonyl (C=O) groups is 5. The lowest BCUT2D eigenvalue weighted by Crippen LogP contribution is -2.55. The molecule has 0 aliphatic carbocycles. The zero-order valence-electron chi connectivity index (χ0n) is 28.3. The van der Waals surface area contributed by atoms with E-state index in [1.165, 1.54) is 7.05 Å². The Morgan fingerprint density at radius 2 is 0.961 bits per heavy atom. The van der Waals surface area contributed by atoms with Crippen LogP contribution in [0, 0.1) is 5.92 Å². The van der Waals surface area contributed by atoms with E-state index in [2.05, 4.69) is 16.0 Å². The smallest absolute Gasteiger partial charge is 0.341 e. The maximum absolute atomic E-state index is 13.9. The second-order valence-corrected chi connectivity index (χ2v) is 12.0. The second-order valence-electron chi connectivity index (χ2n) is 12.0. The van der Waals surface area contributed by atoms with Crippen LogP contribution in [0.4, 0.5) is 0 Å². The second kappa shape index (κ2) is 18.6. The van der Waals surface area contributed by atoms with Gasteiger partial charge < -0.3 is 35.6 Å². The van der Waals surface area contributed by atoms with Crippen molar-refractivity contribution in [1.29, 1.82) is 0 Å². The van der Waals surface area contributed by atoms with Crippen molar-refractivity contribution in [3.05, 3.63) is 120 Å². The van der Waals surface area contributed by atoms with Crippen LogP contribution in [-0.4, -0.2) is 72.2 Å². The number of likely N-dealkylation sites (N-methyl/N-ethyl adjacent to an activating group) is 1. The van der Waals surface area contributed by atoms with Crippen molar-refractivity contribution in [2.24, 2.45) is 5.92 Å². The van der Waals surface area contributed by atoms with Crippen LogP contribution in [0.25, 0.3) is 11.1 Å². The van der Waals surface area contributed by atoms with Gasteiger partial charge in [0.25, 0.3) is 0 Å². The highest BCUT2D eigenvalue weighted by Crippen LogP contribution is 2.21. The maximum atomic E-state index is 13.9. The van der Waals surface area contributed by atoms with Gasteiger partial charge in [0.1, 0.15) is 23.6 Å². The van der Waals surface area contributed by atoms with Crippen LogP contribution < -0.4 is 25.4 Å². The van der Waals surface area contributed by atoms with Crippen molar-refractivity contribution < 1.29 is 43.7 Å². The first-order valence-corrected chi connectivity index (χ1v) is 16.3. The van der Waals surface area contributed by atoms with Gasteiger partial charge in [0.2, 0.25) is 17.7 Å². The van der Waals surface area contributed by atoms with Crippen LogP contribution in [0.15, 0.2) is 103 Å². The van der Waals surface area contributed by atoms with E-state index < -0.39 is 55.0 Å². The lowest BCUT2D eigenvalue weighted by molar-refractivity contribution is -0.140. The molecule has 3 amide bonds. The number of ether oxygens (including phenoxy) is 2. The fraction of sp³-hybridized carbons (Fsp3) is 0.256. The third kappa shape index (κ3) is 12.0. The number of hydrogen-bond donors (Lipinski definition) is 5. The summed E-state index contributed by atoms with van der Waals surface area (Å²) in [6, 6.07) is 28.8. The molecule has 3 atom stereocenters. The van der Waals surface area contributed by atoms with Crippen LogP contribution in [0.3, 0.4) is 0 Å². The van der Waals surface area contributed by atoms with Crippen molar-refractivity contribution in [2.45, 2.75) is 38.3 Å². The summed E-state index contributed by atoms with van der Waals surface area (Å²) in [6.45, 7) is 0.783. The van der Waals surface area contributed by atoms with Gasteiger partial charge in [-0.05, 0) is 58.5 Å². The minimum absolute atomic E-state index is 0.125. The number of hydrogen-bond acceptors (Lipinski definition) is 7. The number of amides is 3. The van der Waals surface area contributed by atoms with E-state index in [9.17, 15) is 24.0 Å². The Balaban J connectivity index is 1.49. The van der Waals surface area contributed by atoms with Crippen LogP contribution in [-0.2, 0) is 43.2 Å². The van der Waals surface area contributed by atoms with E-state index in [1.54, 1.807) is 55.5 Å². The van der Waals surface area contributed by atoms with Gasteiger partial charge in [-0.15, -0.1) is 0 Å². The Morgan fingerprint density at radius 3 is 1.43 bits per heavy atom. The summed E-state index contributed by atoms with van der Waals surface area (Å²) in [4.78, 5) is 62.0. The zero-order chi connectivity index (χ0) is 36.8. The fourth-order valence-electron chi connectivity index (χ4n) is 5.29. The molecule has 0 bridgehead atoms. The van der Waals surface area contributed by atoms with Gasteiger partial charge in [-0.1, -0.05) is 85.8 Å². The lowest BCUT2D eigenvalue weighted by atomic mass is 9.97. The molecule has 4 aromatic carbocycles. The molecule has 4 aromatic rings. The Hall–Kier alpha value is -6.17. The van der Waals surface area contributed by atoms with Gasteiger partial charge in [-0.2, -0.15) is 0 Å². The van der Waals surface area contributed by atoms with Gasteiger partial charge in [0, 0.05) is 25.8 Å². The summed E-state index contributed by atoms with van der Waals surface area (Å²) in [6.07, 6.45) is 0.628. The largest absolute Gasteiger partial charge is 0.482 e. The van der Waals surface area contributed by atoms with Crippen molar-refractivity contribution in [1.82, 2.24) is 16.0 Å². The average Bonchev–Trinajstić information content (AvgIpc) is 3.13. The summed E-state index contributed by atoms with van der Waals surface area (Å²) in [5, 5.41) is 26.0. The number of nitrogens with one attached hydrogen (secondary N) is 3. The van der Waals surface area contributed by atoms with E-state index in [0.29, 0.717) is 23.5 Å². The normalized spacial score (nSPS) is 12.4. The molecule has 0 saturated carbocycles. The summed E-state index contributed by atoms with van der Waals surface area (Å²) in [7, 11) is 1.46. The Morgan fingerprint density at radius 1 is 0.549 bits per heavy atom. The van der Waals surface area contributed by atoms with E-state index >= 15 is 0 Å². The predicted octanol–water partition coefficient (Wildman–Crippen LogP) is 3.66. The molecule has 4 rings (SSSR count). The van der Waals surface area contributed by atoms with Gasteiger partial charge >= 0.3 is 11.9 Å². The highest BCUT2D eigenvalue weighted by molar-refractivity contribution is 5.92. The van der Waals surface area contributed by atoms with Crippen molar-refractivity contribution in [2.75, 3.05) is 20.3 Å². The van der Waals surface area contributed by atoms with E-state index in [1.807, 2.05) is 54.6 Å². The van der Waals surface area contributed by atoms with Crippen LogP contribution >= 0.6 is 0 Å². The highest BCUT2D eigenvalue weighted by atomic mass is 16.5. The van der Waals surface area contributed by atoms with E-state index in [-0.39, 0.29) is 18.7 Å². The van der Waals surface area contributed by atoms with Crippen LogP contribution in [0.5, 0.6) is 11.5 Å². The minimum Gasteiger partial charge on any atom is -0.482 e. The Kier molecular flexibility index (Phi) is 13.7. The number of benzene rings is 4. The molecule has 0 spiro atoms. The third-order valence-corrected chi connectivity index (χ3v) is 8.01. The molecular weight excluding hydrogens is 654 g/mol. The predicted molar refractivity (Wildman–Crippen MR) is 189 cm³/mol.